The van der Waals surface area contributed by atoms with E-state index in [1.54, 1.807) is 0 Å². The third-order valence-corrected chi connectivity index (χ3v) is 14.8. The van der Waals surface area contributed by atoms with E-state index in [2.05, 4.69) is 289 Å². The molecule has 0 aliphatic carbocycles. The normalized spacial score (nSPS) is 11.5. The number of para-hydroxylation sites is 4. The first-order chi connectivity index (χ1) is 37.2. The van der Waals surface area contributed by atoms with Crippen molar-refractivity contribution in [2.24, 2.45) is 0 Å². The van der Waals surface area contributed by atoms with Crippen LogP contribution in [0.2, 0.25) is 0 Å². The summed E-state index contributed by atoms with van der Waals surface area (Å²) in [5.74, 6) is 0. The van der Waals surface area contributed by atoms with Crippen molar-refractivity contribution in [3.63, 3.8) is 0 Å². The third kappa shape index (κ3) is 7.95. The van der Waals surface area contributed by atoms with Gasteiger partial charge in [0.1, 0.15) is 11.2 Å². The van der Waals surface area contributed by atoms with Crippen LogP contribution in [0.4, 0.5) is 17.1 Å². The first-order valence-corrected chi connectivity index (χ1v) is 25.6. The lowest BCUT2D eigenvalue weighted by Crippen LogP contribution is -2.10. The zero-order chi connectivity index (χ0) is 49.7. The van der Waals surface area contributed by atoms with Gasteiger partial charge in [-0.1, -0.05) is 224 Å². The third-order valence-electron chi connectivity index (χ3n) is 14.8. The van der Waals surface area contributed by atoms with Crippen LogP contribution >= 0.6 is 0 Å². The van der Waals surface area contributed by atoms with Gasteiger partial charge in [0.15, 0.2) is 0 Å². The Bertz CT molecular complexity index is 4320. The summed E-state index contributed by atoms with van der Waals surface area (Å²) in [6, 6.07) is 105. The van der Waals surface area contributed by atoms with Crippen molar-refractivity contribution in [2.45, 2.75) is 0 Å². The smallest absolute Gasteiger partial charge is 0.143 e. The molecule has 0 amide bonds. The molecule has 3 heteroatoms. The number of rotatable bonds is 10. The molecule has 14 rings (SSSR count). The summed E-state index contributed by atoms with van der Waals surface area (Å²) in [5.41, 5.74) is 22.4. The number of aromatic nitrogens is 1. The molecular weight excluding hydrogens is 909 g/mol. The molecule has 0 fully saturated rings. The molecule has 14 aromatic rings. The van der Waals surface area contributed by atoms with Crippen molar-refractivity contribution < 1.29 is 4.42 Å². The number of anilines is 3. The van der Waals surface area contributed by atoms with Gasteiger partial charge in [0, 0.05) is 49.7 Å². The highest BCUT2D eigenvalue weighted by Crippen LogP contribution is 2.43. The molecule has 352 valence electrons. The molecule has 2 heterocycles. The fourth-order valence-corrected chi connectivity index (χ4v) is 11.1. The SMILES string of the molecule is c1ccc(-c2ccc(-c3cccc(N(c4ccc(-c5cccc(-c6cccc7c6oc6ccccc67)c5)cc4)c4ccc(-c5ccc(-c6ccccc6)cc5-n5c6ccccc6c6ccccc65)cc4)c3)cc2)cc1. The average molecular weight is 957 g/mol. The number of benzene rings is 12. The lowest BCUT2D eigenvalue weighted by molar-refractivity contribution is 0.670. The maximum Gasteiger partial charge on any atom is 0.143 e. The van der Waals surface area contributed by atoms with Crippen molar-refractivity contribution in [1.82, 2.24) is 4.57 Å². The minimum Gasteiger partial charge on any atom is -0.455 e. The molecule has 0 aliphatic rings. The fourth-order valence-electron chi connectivity index (χ4n) is 11.1. The van der Waals surface area contributed by atoms with Crippen LogP contribution in [-0.4, -0.2) is 4.57 Å². The fraction of sp³-hybridized carbons (Fsp3) is 0. The first kappa shape index (κ1) is 43.8. The van der Waals surface area contributed by atoms with E-state index in [-0.39, 0.29) is 0 Å². The maximum atomic E-state index is 6.47. The number of hydrogen-bond donors (Lipinski definition) is 0. The Morgan fingerprint density at radius 2 is 0.693 bits per heavy atom. The second-order valence-corrected chi connectivity index (χ2v) is 19.3. The van der Waals surface area contributed by atoms with Crippen LogP contribution in [0.5, 0.6) is 0 Å². The van der Waals surface area contributed by atoms with Crippen molar-refractivity contribution >= 4 is 60.8 Å². The summed E-state index contributed by atoms with van der Waals surface area (Å²) in [6.07, 6.45) is 0. The van der Waals surface area contributed by atoms with E-state index < -0.39 is 0 Å². The van der Waals surface area contributed by atoms with Gasteiger partial charge in [-0.2, -0.15) is 0 Å². The Hall–Kier alpha value is -9.96. The van der Waals surface area contributed by atoms with E-state index in [1.807, 2.05) is 12.1 Å². The van der Waals surface area contributed by atoms with E-state index in [1.165, 1.54) is 44.1 Å². The number of furan rings is 1. The molecule has 0 saturated carbocycles. The van der Waals surface area contributed by atoms with Crippen molar-refractivity contribution in [3.8, 4) is 72.4 Å². The summed E-state index contributed by atoms with van der Waals surface area (Å²) < 4.78 is 8.92. The second-order valence-electron chi connectivity index (χ2n) is 19.3. The highest BCUT2D eigenvalue weighted by molar-refractivity contribution is 6.11. The minimum absolute atomic E-state index is 0.902. The van der Waals surface area contributed by atoms with Crippen LogP contribution in [0.25, 0.3) is 116 Å². The molecule has 0 radical (unpaired) electrons. The monoisotopic (exact) mass is 956 g/mol. The summed E-state index contributed by atoms with van der Waals surface area (Å²) in [7, 11) is 0. The lowest BCUT2D eigenvalue weighted by Gasteiger charge is -2.27. The summed E-state index contributed by atoms with van der Waals surface area (Å²) >= 11 is 0. The molecule has 12 aromatic carbocycles. The quantitative estimate of drug-likeness (QED) is 0.136. The van der Waals surface area contributed by atoms with Crippen LogP contribution in [0.15, 0.2) is 296 Å². The standard InChI is InChI=1S/C72H48N2O/c1-3-16-49(17-4-1)51-32-34-52(35-33-51)56-21-14-23-61(47-56)73(59-41-36-53(37-42-59)55-20-13-22-58(46-55)63-27-15-28-67-66-26-9-12-31-71(66)75-72(63)67)60-43-38-54(39-44-60)62-45-40-57(50-18-5-2-6-19-50)48-70(62)74-68-29-10-7-24-64(68)65-25-8-11-30-69(65)74/h1-48H. The van der Waals surface area contributed by atoms with Gasteiger partial charge in [-0.15, -0.1) is 0 Å². The maximum absolute atomic E-state index is 6.47. The molecular formula is C72H48N2O. The van der Waals surface area contributed by atoms with Gasteiger partial charge >= 0.3 is 0 Å². The Balaban J connectivity index is 0.867. The van der Waals surface area contributed by atoms with Gasteiger partial charge < -0.3 is 13.9 Å². The van der Waals surface area contributed by atoms with Crippen LogP contribution < -0.4 is 4.90 Å². The second kappa shape index (κ2) is 18.6. The molecule has 0 saturated heterocycles. The molecule has 3 nitrogen and oxygen atoms in total. The van der Waals surface area contributed by atoms with E-state index in [4.69, 9.17) is 4.42 Å². The van der Waals surface area contributed by atoms with Gasteiger partial charge in [0.25, 0.3) is 0 Å². The van der Waals surface area contributed by atoms with Crippen molar-refractivity contribution in [3.05, 3.63) is 291 Å². The molecule has 2 aromatic heterocycles. The van der Waals surface area contributed by atoms with Crippen molar-refractivity contribution in [2.75, 3.05) is 4.90 Å². The molecule has 0 aliphatic heterocycles. The molecule has 0 N–H and O–H groups in total. The average Bonchev–Trinajstić information content (AvgIpc) is 4.05. The van der Waals surface area contributed by atoms with Gasteiger partial charge in [-0.25, -0.2) is 0 Å². The van der Waals surface area contributed by atoms with E-state index >= 15 is 0 Å². The molecule has 0 unspecified atom stereocenters. The van der Waals surface area contributed by atoms with Gasteiger partial charge in [-0.05, 0) is 122 Å². The topological polar surface area (TPSA) is 21.3 Å². The predicted octanol–water partition coefficient (Wildman–Crippen LogP) is 20.2. The first-order valence-electron chi connectivity index (χ1n) is 25.6. The predicted molar refractivity (Wildman–Crippen MR) is 315 cm³/mol. The van der Waals surface area contributed by atoms with Gasteiger partial charge in [-0.3, -0.25) is 0 Å². The number of nitrogens with zero attached hydrogens (tertiary/aromatic N) is 2. The Labute approximate surface area is 436 Å². The summed E-state index contributed by atoms with van der Waals surface area (Å²) in [4.78, 5) is 2.38. The number of hydrogen-bond acceptors (Lipinski definition) is 2. The van der Waals surface area contributed by atoms with Crippen LogP contribution in [0.1, 0.15) is 0 Å². The number of fused-ring (bicyclic) bond motifs is 6. The highest BCUT2D eigenvalue weighted by Gasteiger charge is 2.20. The van der Waals surface area contributed by atoms with Crippen LogP contribution in [0.3, 0.4) is 0 Å². The Kier molecular flexibility index (Phi) is 10.8. The molecule has 75 heavy (non-hydrogen) atoms. The highest BCUT2D eigenvalue weighted by atomic mass is 16.3. The Morgan fingerprint density at radius 1 is 0.253 bits per heavy atom. The zero-order valence-corrected chi connectivity index (χ0v) is 41.0. The molecule has 0 spiro atoms. The minimum atomic E-state index is 0.902. The van der Waals surface area contributed by atoms with Gasteiger partial charge in [0.05, 0.1) is 16.7 Å². The largest absolute Gasteiger partial charge is 0.455 e. The lowest BCUT2D eigenvalue weighted by atomic mass is 9.97. The van der Waals surface area contributed by atoms with Crippen LogP contribution in [-0.2, 0) is 0 Å². The molecule has 0 bridgehead atoms. The molecule has 0 atom stereocenters. The summed E-state index contributed by atoms with van der Waals surface area (Å²) in [6.45, 7) is 0. The summed E-state index contributed by atoms with van der Waals surface area (Å²) in [5, 5.41) is 4.74. The van der Waals surface area contributed by atoms with E-state index in [0.717, 1.165) is 89.2 Å². The van der Waals surface area contributed by atoms with E-state index in [9.17, 15) is 0 Å². The van der Waals surface area contributed by atoms with Crippen LogP contribution in [0, 0.1) is 0 Å². The zero-order valence-electron chi connectivity index (χ0n) is 41.0. The van der Waals surface area contributed by atoms with E-state index in [0.29, 0.717) is 0 Å². The Morgan fingerprint density at radius 3 is 1.36 bits per heavy atom. The van der Waals surface area contributed by atoms with Crippen molar-refractivity contribution in [1.29, 1.82) is 0 Å². The van der Waals surface area contributed by atoms with Gasteiger partial charge in [0.2, 0.25) is 0 Å².